The van der Waals surface area contributed by atoms with Crippen molar-refractivity contribution in [1.29, 1.82) is 0 Å². The molecular weight excluding hydrogens is 264 g/mol. The lowest BCUT2D eigenvalue weighted by Gasteiger charge is -2.34. The maximum absolute atomic E-state index is 5.89. The Morgan fingerprint density at radius 3 is 2.76 bits per heavy atom. The minimum atomic E-state index is -0.224. The average molecular weight is 288 g/mol. The van der Waals surface area contributed by atoms with Crippen molar-refractivity contribution in [2.45, 2.75) is 51.3 Å². The Morgan fingerprint density at radius 2 is 2.10 bits per heavy atom. The molecule has 3 heteroatoms. The molecule has 1 aliphatic rings. The van der Waals surface area contributed by atoms with Crippen LogP contribution >= 0.6 is 0 Å². The normalized spacial score (nSPS) is 27.0. The molecule has 2 unspecified atom stereocenters. The lowest BCUT2D eigenvalue weighted by Crippen LogP contribution is -2.35. The van der Waals surface area contributed by atoms with E-state index >= 15 is 0 Å². The van der Waals surface area contributed by atoms with Gasteiger partial charge in [-0.2, -0.15) is 0 Å². The molecule has 0 saturated carbocycles. The number of hydrogen-bond donors (Lipinski definition) is 0. The third-order valence-corrected chi connectivity index (χ3v) is 3.82. The number of ether oxygens (including phenoxy) is 3. The monoisotopic (exact) mass is 288 g/mol. The Balaban J connectivity index is 1.83. The van der Waals surface area contributed by atoms with Crippen molar-refractivity contribution in [2.75, 3.05) is 7.11 Å². The van der Waals surface area contributed by atoms with E-state index in [1.807, 2.05) is 30.3 Å². The van der Waals surface area contributed by atoms with E-state index in [2.05, 4.69) is 12.8 Å². The van der Waals surface area contributed by atoms with Gasteiger partial charge < -0.3 is 14.2 Å². The van der Waals surface area contributed by atoms with E-state index in [0.29, 0.717) is 18.9 Å². The molecule has 1 fully saturated rings. The Morgan fingerprint density at radius 1 is 1.33 bits per heavy atom. The second kappa shape index (κ2) is 8.19. The first-order valence-corrected chi connectivity index (χ1v) is 7.51. The van der Waals surface area contributed by atoms with Gasteiger partial charge in [-0.05, 0) is 17.9 Å². The van der Waals surface area contributed by atoms with Crippen molar-refractivity contribution in [3.63, 3.8) is 0 Å². The first-order chi connectivity index (χ1) is 10.2. The summed E-state index contributed by atoms with van der Waals surface area (Å²) in [6.45, 7) is 2.75. The molecule has 0 bridgehead atoms. The van der Waals surface area contributed by atoms with Crippen LogP contribution < -0.4 is 0 Å². The largest absolute Gasteiger partial charge is 0.361 e. The van der Waals surface area contributed by atoms with Crippen LogP contribution in [0.4, 0.5) is 0 Å². The number of benzene rings is 1. The highest BCUT2D eigenvalue weighted by atomic mass is 16.7. The molecule has 0 N–H and O–H groups in total. The van der Waals surface area contributed by atoms with Crippen molar-refractivity contribution in [3.05, 3.63) is 35.9 Å². The molecule has 0 aliphatic carbocycles. The molecule has 2 rings (SSSR count). The van der Waals surface area contributed by atoms with E-state index < -0.39 is 0 Å². The molecule has 0 spiro atoms. The topological polar surface area (TPSA) is 27.7 Å². The summed E-state index contributed by atoms with van der Waals surface area (Å²) in [5.41, 5.74) is 1.13. The highest BCUT2D eigenvalue weighted by Crippen LogP contribution is 2.27. The van der Waals surface area contributed by atoms with Crippen LogP contribution in [-0.2, 0) is 20.8 Å². The predicted molar refractivity (Wildman–Crippen MR) is 82.5 cm³/mol. The summed E-state index contributed by atoms with van der Waals surface area (Å²) in [7, 11) is 1.68. The van der Waals surface area contributed by atoms with Gasteiger partial charge in [0.25, 0.3) is 0 Å². The quantitative estimate of drug-likeness (QED) is 0.751. The second-order valence-electron chi connectivity index (χ2n) is 5.69. The maximum Gasteiger partial charge on any atom is 0.157 e. The van der Waals surface area contributed by atoms with E-state index in [1.54, 1.807) is 7.11 Å². The van der Waals surface area contributed by atoms with Gasteiger partial charge in [0.2, 0.25) is 0 Å². The van der Waals surface area contributed by atoms with Gasteiger partial charge in [0.05, 0.1) is 12.7 Å². The zero-order chi connectivity index (χ0) is 15.1. The molecule has 1 aliphatic heterocycles. The SMILES string of the molecule is C#CC(C[C@H]1C[C@@H](C)CC(OC)O1)OCc1ccccc1. The summed E-state index contributed by atoms with van der Waals surface area (Å²) in [5.74, 6) is 3.31. The van der Waals surface area contributed by atoms with Gasteiger partial charge >= 0.3 is 0 Å². The number of methoxy groups -OCH3 is 1. The van der Waals surface area contributed by atoms with E-state index in [1.165, 1.54) is 0 Å². The Bertz CT molecular complexity index is 451. The van der Waals surface area contributed by atoms with Gasteiger partial charge in [0, 0.05) is 20.0 Å². The lowest BCUT2D eigenvalue weighted by atomic mass is 9.94. The zero-order valence-electron chi connectivity index (χ0n) is 12.8. The van der Waals surface area contributed by atoms with E-state index in [4.69, 9.17) is 20.6 Å². The molecule has 4 atom stereocenters. The van der Waals surface area contributed by atoms with Crippen molar-refractivity contribution in [2.24, 2.45) is 5.92 Å². The van der Waals surface area contributed by atoms with Crippen LogP contribution in [-0.4, -0.2) is 25.6 Å². The number of rotatable bonds is 6. The molecule has 21 heavy (non-hydrogen) atoms. The van der Waals surface area contributed by atoms with Gasteiger partial charge in [-0.3, -0.25) is 0 Å². The third-order valence-electron chi connectivity index (χ3n) is 3.82. The highest BCUT2D eigenvalue weighted by molar-refractivity contribution is 5.13. The summed E-state index contributed by atoms with van der Waals surface area (Å²) in [4.78, 5) is 0. The Labute approximate surface area is 127 Å². The summed E-state index contributed by atoms with van der Waals surface area (Å²) >= 11 is 0. The van der Waals surface area contributed by atoms with Crippen LogP contribution in [0.3, 0.4) is 0 Å². The molecule has 114 valence electrons. The molecule has 1 aromatic carbocycles. The second-order valence-corrected chi connectivity index (χ2v) is 5.69. The molecule has 0 aromatic heterocycles. The molecule has 1 aromatic rings. The third kappa shape index (κ3) is 5.17. The van der Waals surface area contributed by atoms with Crippen LogP contribution in [0.1, 0.15) is 31.7 Å². The fourth-order valence-electron chi connectivity index (χ4n) is 2.70. The molecule has 1 saturated heterocycles. The van der Waals surface area contributed by atoms with Crippen LogP contribution in [0.5, 0.6) is 0 Å². The van der Waals surface area contributed by atoms with Crippen molar-refractivity contribution < 1.29 is 14.2 Å². The maximum atomic E-state index is 5.89. The predicted octanol–water partition coefficient (Wildman–Crippen LogP) is 3.38. The highest BCUT2D eigenvalue weighted by Gasteiger charge is 2.28. The van der Waals surface area contributed by atoms with Gasteiger partial charge in [-0.1, -0.05) is 43.2 Å². The Hall–Kier alpha value is -1.34. The molecule has 3 nitrogen and oxygen atoms in total. The van der Waals surface area contributed by atoms with Crippen LogP contribution in [0.25, 0.3) is 0 Å². The first-order valence-electron chi connectivity index (χ1n) is 7.51. The fraction of sp³-hybridized carbons (Fsp3) is 0.556. The fourth-order valence-corrected chi connectivity index (χ4v) is 2.70. The lowest BCUT2D eigenvalue weighted by molar-refractivity contribution is -0.197. The minimum Gasteiger partial charge on any atom is -0.361 e. The van der Waals surface area contributed by atoms with Gasteiger partial charge in [0.1, 0.15) is 6.10 Å². The van der Waals surface area contributed by atoms with E-state index in [9.17, 15) is 0 Å². The molecular formula is C18H24O3. The number of terminal acetylenes is 1. The van der Waals surface area contributed by atoms with Crippen molar-refractivity contribution in [3.8, 4) is 12.3 Å². The van der Waals surface area contributed by atoms with Crippen LogP contribution in [0.15, 0.2) is 30.3 Å². The standard InChI is InChI=1S/C18H24O3/c1-4-16(20-13-15-8-6-5-7-9-15)12-17-10-14(2)11-18(19-3)21-17/h1,5-9,14,16-18H,10-13H2,2-3H3/t14-,16?,17-,18?/m1/s1. The van der Waals surface area contributed by atoms with E-state index in [0.717, 1.165) is 18.4 Å². The van der Waals surface area contributed by atoms with Crippen LogP contribution in [0, 0.1) is 18.3 Å². The number of hydrogen-bond acceptors (Lipinski definition) is 3. The first kappa shape index (κ1) is 16.0. The van der Waals surface area contributed by atoms with Crippen molar-refractivity contribution in [1.82, 2.24) is 0 Å². The summed E-state index contributed by atoms with van der Waals surface area (Å²) in [6, 6.07) is 10.1. The van der Waals surface area contributed by atoms with Gasteiger partial charge in [0.15, 0.2) is 6.29 Å². The van der Waals surface area contributed by atoms with Gasteiger partial charge in [-0.15, -0.1) is 6.42 Å². The van der Waals surface area contributed by atoms with Crippen molar-refractivity contribution >= 4 is 0 Å². The van der Waals surface area contributed by atoms with Gasteiger partial charge in [-0.25, -0.2) is 0 Å². The Kier molecular flexibility index (Phi) is 6.25. The summed E-state index contributed by atoms with van der Waals surface area (Å²) in [6.07, 6.45) is 8.02. The molecule has 1 heterocycles. The summed E-state index contributed by atoms with van der Waals surface area (Å²) < 4.78 is 17.0. The van der Waals surface area contributed by atoms with Crippen LogP contribution in [0.2, 0.25) is 0 Å². The summed E-state index contributed by atoms with van der Waals surface area (Å²) in [5, 5.41) is 0. The smallest absolute Gasteiger partial charge is 0.157 e. The zero-order valence-corrected chi connectivity index (χ0v) is 12.8. The molecule has 0 amide bonds. The molecule has 0 radical (unpaired) electrons. The van der Waals surface area contributed by atoms with E-state index in [-0.39, 0.29) is 18.5 Å². The average Bonchev–Trinajstić information content (AvgIpc) is 2.51. The minimum absolute atomic E-state index is 0.107.